The SMILES string of the molecule is OC(Cn1ncnn1)(Cn1cc(-c2ccccc2)nc1SCc1ccccc1)c1ccccc1. The molecule has 1 atom stereocenters. The monoisotopic (exact) mass is 468 g/mol. The second kappa shape index (κ2) is 10.0. The maximum atomic E-state index is 11.9. The van der Waals surface area contributed by atoms with E-state index in [9.17, 15) is 5.11 Å². The molecule has 0 aliphatic carbocycles. The number of nitrogens with zero attached hydrogens (tertiary/aromatic N) is 6. The summed E-state index contributed by atoms with van der Waals surface area (Å²) in [6.45, 7) is 0.453. The van der Waals surface area contributed by atoms with Crippen LogP contribution in [0.4, 0.5) is 0 Å². The van der Waals surface area contributed by atoms with Crippen LogP contribution in [-0.4, -0.2) is 34.9 Å². The van der Waals surface area contributed by atoms with Gasteiger partial charge in [-0.25, -0.2) is 4.98 Å². The fourth-order valence-corrected chi connectivity index (χ4v) is 4.79. The van der Waals surface area contributed by atoms with E-state index in [1.165, 1.54) is 16.7 Å². The van der Waals surface area contributed by atoms with E-state index in [0.29, 0.717) is 0 Å². The molecule has 0 saturated carbocycles. The van der Waals surface area contributed by atoms with Crippen molar-refractivity contribution in [2.24, 2.45) is 0 Å². The van der Waals surface area contributed by atoms with Crippen molar-refractivity contribution in [3.63, 3.8) is 0 Å². The maximum Gasteiger partial charge on any atom is 0.169 e. The second-order valence-electron chi connectivity index (χ2n) is 8.04. The first-order valence-electron chi connectivity index (χ1n) is 11.0. The van der Waals surface area contributed by atoms with Gasteiger partial charge in [0.05, 0.1) is 18.8 Å². The zero-order valence-corrected chi connectivity index (χ0v) is 19.3. The molecular weight excluding hydrogens is 444 g/mol. The molecule has 0 amide bonds. The van der Waals surface area contributed by atoms with E-state index in [4.69, 9.17) is 4.98 Å². The van der Waals surface area contributed by atoms with Gasteiger partial charge in [-0.15, -0.1) is 10.2 Å². The van der Waals surface area contributed by atoms with Crippen molar-refractivity contribution in [1.82, 2.24) is 29.8 Å². The molecule has 0 aliphatic heterocycles. The van der Waals surface area contributed by atoms with Crippen LogP contribution in [0.25, 0.3) is 11.3 Å². The molecule has 170 valence electrons. The van der Waals surface area contributed by atoms with Crippen molar-refractivity contribution in [2.75, 3.05) is 0 Å². The minimum Gasteiger partial charge on any atom is -0.381 e. The highest BCUT2D eigenvalue weighted by Gasteiger charge is 2.33. The van der Waals surface area contributed by atoms with Crippen LogP contribution in [0.3, 0.4) is 0 Å². The molecule has 1 unspecified atom stereocenters. The molecule has 7 nitrogen and oxygen atoms in total. The van der Waals surface area contributed by atoms with Gasteiger partial charge in [0.15, 0.2) is 11.5 Å². The number of imidazole rings is 1. The third-order valence-electron chi connectivity index (χ3n) is 5.56. The molecule has 0 bridgehead atoms. The molecular formula is C26H24N6OS. The smallest absolute Gasteiger partial charge is 0.169 e. The van der Waals surface area contributed by atoms with E-state index in [-0.39, 0.29) is 13.1 Å². The summed E-state index contributed by atoms with van der Waals surface area (Å²) in [7, 11) is 0. The van der Waals surface area contributed by atoms with E-state index < -0.39 is 5.60 Å². The average molecular weight is 469 g/mol. The molecule has 34 heavy (non-hydrogen) atoms. The normalized spacial score (nSPS) is 13.0. The molecule has 0 aliphatic rings. The highest BCUT2D eigenvalue weighted by molar-refractivity contribution is 7.98. The quantitative estimate of drug-likeness (QED) is 0.323. The molecule has 0 radical (unpaired) electrons. The van der Waals surface area contributed by atoms with Crippen LogP contribution in [0, 0.1) is 0 Å². The number of hydrogen-bond acceptors (Lipinski definition) is 6. The lowest BCUT2D eigenvalue weighted by atomic mass is 9.93. The summed E-state index contributed by atoms with van der Waals surface area (Å²) in [6.07, 6.45) is 3.38. The largest absolute Gasteiger partial charge is 0.381 e. The van der Waals surface area contributed by atoms with E-state index in [2.05, 4.69) is 27.5 Å². The highest BCUT2D eigenvalue weighted by atomic mass is 32.2. The molecule has 2 aromatic heterocycles. The number of benzene rings is 3. The van der Waals surface area contributed by atoms with Crippen LogP contribution in [0.5, 0.6) is 0 Å². The van der Waals surface area contributed by atoms with Gasteiger partial charge in [0, 0.05) is 17.5 Å². The summed E-state index contributed by atoms with van der Waals surface area (Å²) in [5.41, 5.74) is 2.63. The van der Waals surface area contributed by atoms with Gasteiger partial charge in [-0.05, 0) is 16.3 Å². The third-order valence-corrected chi connectivity index (χ3v) is 6.62. The van der Waals surface area contributed by atoms with Crippen molar-refractivity contribution >= 4 is 11.8 Å². The Balaban J connectivity index is 1.51. The Labute approximate surface area is 202 Å². The average Bonchev–Trinajstić information content (AvgIpc) is 3.54. The minimum atomic E-state index is -1.27. The van der Waals surface area contributed by atoms with Gasteiger partial charge in [0.1, 0.15) is 5.60 Å². The predicted octanol–water partition coefficient (Wildman–Crippen LogP) is 4.42. The van der Waals surface area contributed by atoms with Crippen molar-refractivity contribution in [2.45, 2.75) is 29.6 Å². The Morgan fingerprint density at radius 2 is 1.50 bits per heavy atom. The first-order valence-corrected chi connectivity index (χ1v) is 12.0. The standard InChI is InChI=1S/C26H24N6OS/c33-26(19-32-28-20-27-30-32,23-14-8-3-9-15-23)18-31-16-24(22-12-6-2-7-13-22)29-25(31)34-17-21-10-4-1-5-11-21/h1-16,20,33H,17-19H2. The van der Waals surface area contributed by atoms with Crippen LogP contribution in [0.1, 0.15) is 11.1 Å². The number of rotatable bonds is 9. The molecule has 2 heterocycles. The Morgan fingerprint density at radius 1 is 0.824 bits per heavy atom. The van der Waals surface area contributed by atoms with Crippen molar-refractivity contribution < 1.29 is 5.11 Å². The fourth-order valence-electron chi connectivity index (χ4n) is 3.86. The number of hydrogen-bond donors (Lipinski definition) is 1. The Kier molecular flexibility index (Phi) is 6.51. The number of tetrazole rings is 1. The topological polar surface area (TPSA) is 81.6 Å². The Morgan fingerprint density at radius 3 is 2.18 bits per heavy atom. The molecule has 3 aromatic carbocycles. The van der Waals surface area contributed by atoms with Gasteiger partial charge >= 0.3 is 0 Å². The van der Waals surface area contributed by atoms with Crippen molar-refractivity contribution in [3.05, 3.63) is 115 Å². The van der Waals surface area contributed by atoms with Crippen LogP contribution in [-0.2, 0) is 24.4 Å². The highest BCUT2D eigenvalue weighted by Crippen LogP contribution is 2.31. The maximum absolute atomic E-state index is 11.9. The van der Waals surface area contributed by atoms with E-state index in [1.807, 2.05) is 89.6 Å². The lowest BCUT2D eigenvalue weighted by Crippen LogP contribution is -2.37. The number of thioether (sulfide) groups is 1. The van der Waals surface area contributed by atoms with Gasteiger partial charge in [-0.2, -0.15) is 4.80 Å². The molecule has 5 rings (SSSR count). The van der Waals surface area contributed by atoms with Gasteiger partial charge in [0.2, 0.25) is 0 Å². The fraction of sp³-hybridized carbons (Fsp3) is 0.154. The zero-order valence-electron chi connectivity index (χ0n) is 18.5. The lowest BCUT2D eigenvalue weighted by molar-refractivity contribution is -0.00833. The lowest BCUT2D eigenvalue weighted by Gasteiger charge is -2.29. The molecule has 0 saturated heterocycles. The van der Waals surface area contributed by atoms with Crippen LogP contribution in [0.15, 0.2) is 109 Å². The van der Waals surface area contributed by atoms with Crippen molar-refractivity contribution in [1.29, 1.82) is 0 Å². The predicted molar refractivity (Wildman–Crippen MR) is 132 cm³/mol. The molecule has 8 heteroatoms. The summed E-state index contributed by atoms with van der Waals surface area (Å²) in [4.78, 5) is 6.35. The van der Waals surface area contributed by atoms with Gasteiger partial charge in [0.25, 0.3) is 0 Å². The van der Waals surface area contributed by atoms with Gasteiger partial charge < -0.3 is 9.67 Å². The summed E-state index contributed by atoms with van der Waals surface area (Å²) in [6, 6.07) is 30.0. The van der Waals surface area contributed by atoms with Crippen LogP contribution >= 0.6 is 11.8 Å². The van der Waals surface area contributed by atoms with Crippen LogP contribution < -0.4 is 0 Å². The summed E-state index contributed by atoms with van der Waals surface area (Å²) in [5.74, 6) is 0.778. The molecule has 1 N–H and O–H groups in total. The van der Waals surface area contributed by atoms with Gasteiger partial charge in [-0.3, -0.25) is 0 Å². The molecule has 5 aromatic rings. The number of aliphatic hydroxyl groups is 1. The van der Waals surface area contributed by atoms with Crippen LogP contribution in [0.2, 0.25) is 0 Å². The Bertz CT molecular complexity index is 1310. The van der Waals surface area contributed by atoms with Gasteiger partial charge in [-0.1, -0.05) is 103 Å². The van der Waals surface area contributed by atoms with E-state index in [1.54, 1.807) is 11.8 Å². The number of aromatic nitrogens is 6. The molecule has 0 spiro atoms. The summed E-state index contributed by atoms with van der Waals surface area (Å²) < 4.78 is 2.03. The second-order valence-corrected chi connectivity index (χ2v) is 8.98. The first-order chi connectivity index (χ1) is 16.7. The summed E-state index contributed by atoms with van der Waals surface area (Å²) in [5, 5.41) is 24.7. The first kappa shape index (κ1) is 22.1. The van der Waals surface area contributed by atoms with E-state index in [0.717, 1.165) is 27.7 Å². The zero-order chi connectivity index (χ0) is 23.2. The third kappa shape index (κ3) is 5.08. The van der Waals surface area contributed by atoms with Crippen molar-refractivity contribution in [3.8, 4) is 11.3 Å². The summed E-state index contributed by atoms with van der Waals surface area (Å²) >= 11 is 1.65. The van der Waals surface area contributed by atoms with E-state index >= 15 is 0 Å². The Hall–Kier alpha value is -3.75. The minimum absolute atomic E-state index is 0.165. The molecule has 0 fully saturated rings.